The third-order valence-corrected chi connectivity index (χ3v) is 4.14. The summed E-state index contributed by atoms with van der Waals surface area (Å²) in [5, 5.41) is 9.83. The van der Waals surface area contributed by atoms with Crippen LogP contribution in [0.4, 0.5) is 4.79 Å². The second kappa shape index (κ2) is 6.60. The molecule has 0 saturated carbocycles. The maximum atomic E-state index is 12.4. The van der Waals surface area contributed by atoms with Crippen molar-refractivity contribution < 1.29 is 19.0 Å². The minimum atomic E-state index is -0.310. The van der Waals surface area contributed by atoms with Gasteiger partial charge in [0.1, 0.15) is 11.9 Å². The van der Waals surface area contributed by atoms with E-state index in [1.807, 2.05) is 25.1 Å². The van der Waals surface area contributed by atoms with E-state index >= 15 is 0 Å². The lowest BCUT2D eigenvalue weighted by molar-refractivity contribution is -0.0198. The quantitative estimate of drug-likeness (QED) is 0.864. The van der Waals surface area contributed by atoms with E-state index in [-0.39, 0.29) is 18.9 Å². The Balaban J connectivity index is 1.34. The summed E-state index contributed by atoms with van der Waals surface area (Å²) < 4.78 is 16.3. The number of ether oxygens (including phenoxy) is 3. The van der Waals surface area contributed by atoms with Crippen molar-refractivity contribution in [2.24, 2.45) is 0 Å². The Morgan fingerprint density at radius 1 is 1.40 bits per heavy atom. The van der Waals surface area contributed by atoms with E-state index in [1.54, 1.807) is 4.90 Å². The summed E-state index contributed by atoms with van der Waals surface area (Å²) >= 11 is 0. The molecule has 2 aliphatic heterocycles. The fraction of sp³-hybridized carbons (Fsp3) is 0.438. The van der Waals surface area contributed by atoms with E-state index in [9.17, 15) is 4.79 Å². The van der Waals surface area contributed by atoms with Crippen LogP contribution in [0.25, 0.3) is 0 Å². The molecular formula is C16H19N5O4. The Morgan fingerprint density at radius 2 is 2.28 bits per heavy atom. The van der Waals surface area contributed by atoms with E-state index in [0.29, 0.717) is 37.8 Å². The number of aryl methyl sites for hydroxylation is 1. The number of rotatable bonds is 3. The van der Waals surface area contributed by atoms with Crippen molar-refractivity contribution in [1.82, 2.24) is 25.4 Å². The van der Waals surface area contributed by atoms with Gasteiger partial charge in [0.2, 0.25) is 6.79 Å². The monoisotopic (exact) mass is 345 g/mol. The maximum Gasteiger partial charge on any atom is 0.317 e. The lowest BCUT2D eigenvalue weighted by Gasteiger charge is -2.31. The molecule has 9 nitrogen and oxygen atoms in total. The van der Waals surface area contributed by atoms with Crippen LogP contribution in [0.5, 0.6) is 11.5 Å². The fourth-order valence-corrected chi connectivity index (χ4v) is 2.83. The van der Waals surface area contributed by atoms with Crippen molar-refractivity contribution >= 4 is 6.03 Å². The van der Waals surface area contributed by atoms with Crippen LogP contribution in [0.3, 0.4) is 0 Å². The largest absolute Gasteiger partial charge is 0.454 e. The molecule has 1 fully saturated rings. The number of morpholine rings is 1. The lowest BCUT2D eigenvalue weighted by atomic mass is 10.2. The van der Waals surface area contributed by atoms with Crippen LogP contribution in [0, 0.1) is 6.92 Å². The minimum absolute atomic E-state index is 0.141. The average Bonchev–Trinajstić information content (AvgIpc) is 3.28. The van der Waals surface area contributed by atoms with Crippen LogP contribution < -0.4 is 14.8 Å². The Bertz CT molecular complexity index is 778. The summed E-state index contributed by atoms with van der Waals surface area (Å²) in [6, 6.07) is 5.49. The van der Waals surface area contributed by atoms with Crippen LogP contribution in [-0.4, -0.2) is 52.6 Å². The number of hydrogen-bond acceptors (Lipinski definition) is 6. The molecule has 2 aliphatic rings. The van der Waals surface area contributed by atoms with Gasteiger partial charge in [-0.2, -0.15) is 5.10 Å². The second-order valence-corrected chi connectivity index (χ2v) is 5.93. The first-order chi connectivity index (χ1) is 12.2. The number of carbonyl (C=O) groups is 1. The molecule has 0 bridgehead atoms. The molecule has 25 heavy (non-hydrogen) atoms. The molecule has 1 unspecified atom stereocenters. The number of nitrogens with zero attached hydrogens (tertiary/aromatic N) is 3. The van der Waals surface area contributed by atoms with Crippen LogP contribution in [-0.2, 0) is 11.3 Å². The summed E-state index contributed by atoms with van der Waals surface area (Å²) in [5.41, 5.74) is 0.951. The zero-order valence-corrected chi connectivity index (χ0v) is 13.8. The van der Waals surface area contributed by atoms with Gasteiger partial charge in [0.05, 0.1) is 13.2 Å². The number of aromatic nitrogens is 3. The summed E-state index contributed by atoms with van der Waals surface area (Å²) in [5.74, 6) is 2.74. The zero-order valence-electron chi connectivity index (χ0n) is 13.8. The number of aromatic amines is 1. The molecule has 4 rings (SSSR count). The van der Waals surface area contributed by atoms with Gasteiger partial charge in [0, 0.05) is 13.1 Å². The Labute approximate surface area is 144 Å². The first-order valence-corrected chi connectivity index (χ1v) is 8.11. The lowest BCUT2D eigenvalue weighted by Crippen LogP contribution is -2.47. The van der Waals surface area contributed by atoms with Gasteiger partial charge in [-0.05, 0) is 24.6 Å². The van der Waals surface area contributed by atoms with Crippen LogP contribution in [0.1, 0.15) is 23.3 Å². The molecule has 0 spiro atoms. The SMILES string of the molecule is Cc1nc(C2CN(C(=O)NCc3ccc4c(c3)OCO4)CCO2)n[nH]1. The van der Waals surface area contributed by atoms with E-state index in [4.69, 9.17) is 14.2 Å². The summed E-state index contributed by atoms with van der Waals surface area (Å²) in [4.78, 5) is 18.4. The smallest absolute Gasteiger partial charge is 0.317 e. The number of hydrogen-bond donors (Lipinski definition) is 2. The highest BCUT2D eigenvalue weighted by Gasteiger charge is 2.28. The van der Waals surface area contributed by atoms with Gasteiger partial charge in [-0.3, -0.25) is 5.10 Å². The molecule has 0 aliphatic carbocycles. The highest BCUT2D eigenvalue weighted by Crippen LogP contribution is 2.32. The van der Waals surface area contributed by atoms with E-state index < -0.39 is 0 Å². The number of H-pyrrole nitrogens is 1. The predicted octanol–water partition coefficient (Wildman–Crippen LogP) is 1.12. The molecule has 2 aromatic rings. The maximum absolute atomic E-state index is 12.4. The second-order valence-electron chi connectivity index (χ2n) is 5.93. The van der Waals surface area contributed by atoms with E-state index in [2.05, 4.69) is 20.5 Å². The van der Waals surface area contributed by atoms with Crippen molar-refractivity contribution in [3.8, 4) is 11.5 Å². The van der Waals surface area contributed by atoms with Gasteiger partial charge in [0.15, 0.2) is 17.3 Å². The van der Waals surface area contributed by atoms with Crippen molar-refractivity contribution in [3.63, 3.8) is 0 Å². The number of amides is 2. The standard InChI is InChI=1S/C16H19N5O4/c1-10-18-15(20-19-10)14-8-21(4-5-23-14)16(22)17-7-11-2-3-12-13(6-11)25-9-24-12/h2-3,6,14H,4-5,7-9H2,1H3,(H,17,22)(H,18,19,20). The van der Waals surface area contributed by atoms with Crippen molar-refractivity contribution in [1.29, 1.82) is 0 Å². The van der Waals surface area contributed by atoms with E-state index in [1.165, 1.54) is 0 Å². The molecule has 2 N–H and O–H groups in total. The Hall–Kier alpha value is -2.81. The van der Waals surface area contributed by atoms with E-state index in [0.717, 1.165) is 17.1 Å². The van der Waals surface area contributed by atoms with Gasteiger partial charge in [-0.25, -0.2) is 9.78 Å². The van der Waals surface area contributed by atoms with Crippen LogP contribution in [0.15, 0.2) is 18.2 Å². The van der Waals surface area contributed by atoms with Gasteiger partial charge in [-0.1, -0.05) is 6.07 Å². The molecule has 1 saturated heterocycles. The third-order valence-electron chi connectivity index (χ3n) is 4.14. The fourth-order valence-electron chi connectivity index (χ4n) is 2.83. The number of benzene rings is 1. The van der Waals surface area contributed by atoms with Gasteiger partial charge >= 0.3 is 6.03 Å². The molecular weight excluding hydrogens is 326 g/mol. The summed E-state index contributed by atoms with van der Waals surface area (Å²) in [6.07, 6.45) is -0.310. The highest BCUT2D eigenvalue weighted by molar-refractivity contribution is 5.74. The molecule has 132 valence electrons. The molecule has 1 atom stereocenters. The first kappa shape index (κ1) is 15.7. The molecule has 0 radical (unpaired) electrons. The topological polar surface area (TPSA) is 102 Å². The summed E-state index contributed by atoms with van der Waals surface area (Å²) in [6.45, 7) is 3.89. The summed E-state index contributed by atoms with van der Waals surface area (Å²) in [7, 11) is 0. The molecule has 1 aromatic heterocycles. The van der Waals surface area contributed by atoms with Crippen molar-refractivity contribution in [3.05, 3.63) is 35.4 Å². The van der Waals surface area contributed by atoms with Crippen molar-refractivity contribution in [2.75, 3.05) is 26.5 Å². The van der Waals surface area contributed by atoms with Crippen LogP contribution in [0.2, 0.25) is 0 Å². The molecule has 2 amide bonds. The number of carbonyl (C=O) groups excluding carboxylic acids is 1. The Morgan fingerprint density at radius 3 is 3.12 bits per heavy atom. The van der Waals surface area contributed by atoms with Gasteiger partial charge in [0.25, 0.3) is 0 Å². The third kappa shape index (κ3) is 3.36. The van der Waals surface area contributed by atoms with Crippen LogP contribution >= 0.6 is 0 Å². The number of nitrogens with one attached hydrogen (secondary N) is 2. The number of fused-ring (bicyclic) bond motifs is 1. The first-order valence-electron chi connectivity index (χ1n) is 8.11. The normalized spacial score (nSPS) is 19.1. The predicted molar refractivity (Wildman–Crippen MR) is 86.2 cm³/mol. The van der Waals surface area contributed by atoms with Crippen molar-refractivity contribution in [2.45, 2.75) is 19.6 Å². The zero-order chi connectivity index (χ0) is 17.2. The Kier molecular flexibility index (Phi) is 4.14. The van der Waals surface area contributed by atoms with Gasteiger partial charge < -0.3 is 24.4 Å². The minimum Gasteiger partial charge on any atom is -0.454 e. The molecule has 3 heterocycles. The highest BCUT2D eigenvalue weighted by atomic mass is 16.7. The van der Waals surface area contributed by atoms with Gasteiger partial charge in [-0.15, -0.1) is 0 Å². The average molecular weight is 345 g/mol. The molecule has 9 heteroatoms. The number of urea groups is 1. The molecule has 1 aromatic carbocycles.